The van der Waals surface area contributed by atoms with Gasteiger partial charge in [-0.3, -0.25) is 9.59 Å². The lowest BCUT2D eigenvalue weighted by atomic mass is 10.3. The van der Waals surface area contributed by atoms with E-state index in [0.717, 1.165) is 19.5 Å². The van der Waals surface area contributed by atoms with E-state index in [1.807, 2.05) is 6.92 Å². The first-order valence-electron chi connectivity index (χ1n) is 6.11. The van der Waals surface area contributed by atoms with Crippen LogP contribution in [0.5, 0.6) is 0 Å². The van der Waals surface area contributed by atoms with Crippen LogP contribution in [0.1, 0.15) is 13.3 Å². The molecule has 1 fully saturated rings. The molecular weight excluding hydrogens is 222 g/mol. The first-order chi connectivity index (χ1) is 8.25. The van der Waals surface area contributed by atoms with Gasteiger partial charge in [0.05, 0.1) is 6.61 Å². The number of hydrogen-bond acceptors (Lipinski definition) is 4. The van der Waals surface area contributed by atoms with E-state index in [1.54, 1.807) is 4.90 Å². The van der Waals surface area contributed by atoms with E-state index >= 15 is 0 Å². The summed E-state index contributed by atoms with van der Waals surface area (Å²) in [4.78, 5) is 24.9. The van der Waals surface area contributed by atoms with Crippen LogP contribution in [0.2, 0.25) is 0 Å². The van der Waals surface area contributed by atoms with Crippen LogP contribution < -0.4 is 10.6 Å². The third-order valence-electron chi connectivity index (χ3n) is 2.56. The van der Waals surface area contributed by atoms with Gasteiger partial charge in [0, 0.05) is 32.8 Å². The van der Waals surface area contributed by atoms with Crippen molar-refractivity contribution in [3.8, 4) is 0 Å². The van der Waals surface area contributed by atoms with Gasteiger partial charge in [-0.2, -0.15) is 0 Å². The molecule has 17 heavy (non-hydrogen) atoms. The molecule has 0 aromatic rings. The number of rotatable bonds is 4. The summed E-state index contributed by atoms with van der Waals surface area (Å²) in [5.74, 6) is -0.975. The van der Waals surface area contributed by atoms with Gasteiger partial charge < -0.3 is 20.3 Å². The minimum atomic E-state index is -0.536. The van der Waals surface area contributed by atoms with Gasteiger partial charge in [-0.1, -0.05) is 0 Å². The predicted octanol–water partition coefficient (Wildman–Crippen LogP) is -1.04. The maximum absolute atomic E-state index is 11.8. The zero-order valence-corrected chi connectivity index (χ0v) is 10.3. The highest BCUT2D eigenvalue weighted by molar-refractivity contribution is 6.35. The molecule has 1 aliphatic rings. The molecular formula is C11H21N3O3. The van der Waals surface area contributed by atoms with E-state index < -0.39 is 11.8 Å². The number of carbonyl (C=O) groups excluding carboxylic acids is 2. The molecule has 2 amide bonds. The molecule has 0 spiro atoms. The lowest BCUT2D eigenvalue weighted by molar-refractivity contribution is -0.145. The van der Waals surface area contributed by atoms with E-state index in [1.165, 1.54) is 0 Å². The fourth-order valence-electron chi connectivity index (χ4n) is 1.65. The molecule has 6 heteroatoms. The molecule has 0 saturated carbocycles. The van der Waals surface area contributed by atoms with Gasteiger partial charge in [0.1, 0.15) is 0 Å². The standard InChI is InChI=1S/C11H21N3O3/c1-2-17-9-6-13-10(15)11(16)14-7-3-4-12-5-8-14/h12H,2-9H2,1H3,(H,13,15). The molecule has 0 radical (unpaired) electrons. The van der Waals surface area contributed by atoms with Crippen molar-refractivity contribution in [2.24, 2.45) is 0 Å². The highest BCUT2D eigenvalue weighted by Gasteiger charge is 2.21. The van der Waals surface area contributed by atoms with Crippen molar-refractivity contribution in [2.45, 2.75) is 13.3 Å². The third-order valence-corrected chi connectivity index (χ3v) is 2.56. The van der Waals surface area contributed by atoms with E-state index in [2.05, 4.69) is 10.6 Å². The summed E-state index contributed by atoms with van der Waals surface area (Å²) in [6.07, 6.45) is 0.887. The molecule has 1 aliphatic heterocycles. The van der Waals surface area contributed by atoms with Gasteiger partial charge in [-0.25, -0.2) is 0 Å². The second kappa shape index (κ2) is 8.03. The quantitative estimate of drug-likeness (QED) is 0.489. The van der Waals surface area contributed by atoms with Gasteiger partial charge in [-0.05, 0) is 19.9 Å². The summed E-state index contributed by atoms with van der Waals surface area (Å²) >= 11 is 0. The number of nitrogens with one attached hydrogen (secondary N) is 2. The van der Waals surface area contributed by atoms with Crippen molar-refractivity contribution in [3.63, 3.8) is 0 Å². The van der Waals surface area contributed by atoms with Crippen LogP contribution in [0.3, 0.4) is 0 Å². The zero-order valence-electron chi connectivity index (χ0n) is 10.3. The second-order valence-electron chi connectivity index (χ2n) is 3.85. The topological polar surface area (TPSA) is 70.7 Å². The van der Waals surface area contributed by atoms with Crippen LogP contribution in [-0.4, -0.2) is 62.7 Å². The van der Waals surface area contributed by atoms with Gasteiger partial charge in [0.15, 0.2) is 0 Å². The number of amides is 2. The normalized spacial score (nSPS) is 16.4. The fourth-order valence-corrected chi connectivity index (χ4v) is 1.65. The summed E-state index contributed by atoms with van der Waals surface area (Å²) in [7, 11) is 0. The Morgan fingerprint density at radius 3 is 2.94 bits per heavy atom. The van der Waals surface area contributed by atoms with Crippen molar-refractivity contribution in [3.05, 3.63) is 0 Å². The molecule has 98 valence electrons. The highest BCUT2D eigenvalue weighted by Crippen LogP contribution is 1.96. The van der Waals surface area contributed by atoms with Crippen LogP contribution in [0.25, 0.3) is 0 Å². The Hall–Kier alpha value is -1.14. The summed E-state index contributed by atoms with van der Waals surface area (Å²) in [6.45, 7) is 6.20. The molecule has 0 unspecified atom stereocenters. The second-order valence-corrected chi connectivity index (χ2v) is 3.85. The Bertz CT molecular complexity index is 250. The number of carbonyl (C=O) groups is 2. The smallest absolute Gasteiger partial charge is 0.311 e. The predicted molar refractivity (Wildman–Crippen MR) is 63.6 cm³/mol. The molecule has 1 heterocycles. The summed E-state index contributed by atoms with van der Waals surface area (Å²) in [5, 5.41) is 5.74. The summed E-state index contributed by atoms with van der Waals surface area (Å²) in [6, 6.07) is 0. The Labute approximate surface area is 102 Å². The SMILES string of the molecule is CCOCCNC(=O)C(=O)N1CCCNCC1. The molecule has 0 bridgehead atoms. The highest BCUT2D eigenvalue weighted by atomic mass is 16.5. The average molecular weight is 243 g/mol. The van der Waals surface area contributed by atoms with Gasteiger partial charge >= 0.3 is 11.8 Å². The largest absolute Gasteiger partial charge is 0.380 e. The first-order valence-corrected chi connectivity index (χ1v) is 6.11. The molecule has 1 rings (SSSR count). The van der Waals surface area contributed by atoms with E-state index in [-0.39, 0.29) is 0 Å². The first kappa shape index (κ1) is 13.9. The van der Waals surface area contributed by atoms with E-state index in [9.17, 15) is 9.59 Å². The van der Waals surface area contributed by atoms with Crippen molar-refractivity contribution in [1.29, 1.82) is 0 Å². The van der Waals surface area contributed by atoms with Gasteiger partial charge in [-0.15, -0.1) is 0 Å². The number of hydrogen-bond donors (Lipinski definition) is 2. The Balaban J connectivity index is 2.27. The Morgan fingerprint density at radius 1 is 1.35 bits per heavy atom. The lowest BCUT2D eigenvalue weighted by Gasteiger charge is -2.19. The van der Waals surface area contributed by atoms with Crippen molar-refractivity contribution in [1.82, 2.24) is 15.5 Å². The summed E-state index contributed by atoms with van der Waals surface area (Å²) in [5.41, 5.74) is 0. The maximum Gasteiger partial charge on any atom is 0.311 e. The van der Waals surface area contributed by atoms with Crippen LogP contribution in [0.4, 0.5) is 0 Å². The Morgan fingerprint density at radius 2 is 2.18 bits per heavy atom. The Kier molecular flexibility index (Phi) is 6.57. The van der Waals surface area contributed by atoms with Crippen LogP contribution in [0.15, 0.2) is 0 Å². The molecule has 0 aromatic carbocycles. The van der Waals surface area contributed by atoms with E-state index in [0.29, 0.717) is 32.8 Å². The third kappa shape index (κ3) is 5.14. The van der Waals surface area contributed by atoms with Crippen molar-refractivity contribution in [2.75, 3.05) is 45.9 Å². The minimum Gasteiger partial charge on any atom is -0.380 e. The van der Waals surface area contributed by atoms with Crippen molar-refractivity contribution >= 4 is 11.8 Å². The number of ether oxygens (including phenoxy) is 1. The summed E-state index contributed by atoms with van der Waals surface area (Å²) < 4.78 is 5.08. The maximum atomic E-state index is 11.8. The van der Waals surface area contributed by atoms with Gasteiger partial charge in [0.2, 0.25) is 0 Å². The number of nitrogens with zero attached hydrogens (tertiary/aromatic N) is 1. The van der Waals surface area contributed by atoms with Gasteiger partial charge in [0.25, 0.3) is 0 Å². The minimum absolute atomic E-state index is 0.379. The van der Waals surface area contributed by atoms with Crippen LogP contribution >= 0.6 is 0 Å². The molecule has 0 atom stereocenters. The molecule has 2 N–H and O–H groups in total. The molecule has 0 aromatic heterocycles. The lowest BCUT2D eigenvalue weighted by Crippen LogP contribution is -2.45. The fraction of sp³-hybridized carbons (Fsp3) is 0.818. The van der Waals surface area contributed by atoms with Crippen LogP contribution in [0, 0.1) is 0 Å². The monoisotopic (exact) mass is 243 g/mol. The molecule has 0 aliphatic carbocycles. The molecule has 1 saturated heterocycles. The average Bonchev–Trinajstić information content (AvgIpc) is 2.62. The van der Waals surface area contributed by atoms with Crippen molar-refractivity contribution < 1.29 is 14.3 Å². The van der Waals surface area contributed by atoms with Crippen LogP contribution in [-0.2, 0) is 14.3 Å². The zero-order chi connectivity index (χ0) is 12.5. The molecule has 6 nitrogen and oxygen atoms in total. The van der Waals surface area contributed by atoms with E-state index in [4.69, 9.17) is 4.74 Å².